The van der Waals surface area contributed by atoms with Gasteiger partial charge in [0.15, 0.2) is 0 Å². The third kappa shape index (κ3) is 1.18. The second kappa shape index (κ2) is 3.14. The fraction of sp³-hybridized carbons (Fsp3) is 0.455. The first-order valence-electron chi connectivity index (χ1n) is 5.67. The minimum atomic E-state index is 0.121. The van der Waals surface area contributed by atoms with Crippen LogP contribution < -0.4 is 5.84 Å². The lowest BCUT2D eigenvalue weighted by atomic mass is 10.2. The van der Waals surface area contributed by atoms with E-state index in [0.717, 1.165) is 29.4 Å². The van der Waals surface area contributed by atoms with Crippen LogP contribution in [0.3, 0.4) is 0 Å². The first-order valence-corrected chi connectivity index (χ1v) is 6.46. The molecule has 0 bridgehead atoms. The van der Waals surface area contributed by atoms with Crippen molar-refractivity contribution < 1.29 is 9.33 Å². The summed E-state index contributed by atoms with van der Waals surface area (Å²) in [6, 6.07) is 0. The maximum absolute atomic E-state index is 6.31. The largest absolute Gasteiger partial charge is 0.381 e. The lowest BCUT2D eigenvalue weighted by Gasteiger charge is -2.23. The molecule has 4 atom stereocenters. The molecule has 2 fully saturated rings. The standard InChI is InChI=1S/C11H12BrN4O/c12-11-15-10(9-6-4-17-5-7(6)9)8-3-14-1-2-16(8,11)13/h1-3,6-7,9H,4-5,13H2/q+1/t6-,7+,9-,16?. The molecule has 17 heavy (non-hydrogen) atoms. The minimum absolute atomic E-state index is 0.121. The Morgan fingerprint density at radius 2 is 2.18 bits per heavy atom. The number of quaternary nitrogens is 1. The Morgan fingerprint density at radius 1 is 1.41 bits per heavy atom. The summed E-state index contributed by atoms with van der Waals surface area (Å²) >= 11 is 3.46. The van der Waals surface area contributed by atoms with E-state index in [0.29, 0.717) is 17.8 Å². The van der Waals surface area contributed by atoms with Crippen molar-refractivity contribution in [2.24, 2.45) is 33.6 Å². The smallest absolute Gasteiger partial charge is 0.301 e. The molecule has 0 spiro atoms. The third-order valence-electron chi connectivity index (χ3n) is 4.03. The number of nitrogens with two attached hydrogens (primary N) is 1. The summed E-state index contributed by atoms with van der Waals surface area (Å²) in [6.45, 7) is 1.72. The molecule has 88 valence electrons. The number of hydrogen-bond acceptors (Lipinski definition) is 4. The van der Waals surface area contributed by atoms with Crippen molar-refractivity contribution in [2.75, 3.05) is 13.2 Å². The van der Waals surface area contributed by atoms with Crippen LogP contribution in [0, 0.1) is 17.8 Å². The van der Waals surface area contributed by atoms with Crippen molar-refractivity contribution in [3.63, 3.8) is 0 Å². The van der Waals surface area contributed by atoms with Gasteiger partial charge in [0.25, 0.3) is 0 Å². The van der Waals surface area contributed by atoms with Crippen molar-refractivity contribution in [1.29, 1.82) is 0 Å². The first-order chi connectivity index (χ1) is 8.22. The van der Waals surface area contributed by atoms with Gasteiger partial charge in [-0.1, -0.05) is 0 Å². The molecule has 1 aliphatic carbocycles. The van der Waals surface area contributed by atoms with Crippen LogP contribution in [0.2, 0.25) is 0 Å². The lowest BCUT2D eigenvalue weighted by Crippen LogP contribution is -2.50. The molecule has 4 aliphatic rings. The van der Waals surface area contributed by atoms with Gasteiger partial charge in [0, 0.05) is 21.8 Å². The van der Waals surface area contributed by atoms with E-state index < -0.39 is 0 Å². The van der Waals surface area contributed by atoms with E-state index in [-0.39, 0.29) is 4.59 Å². The highest BCUT2D eigenvalue weighted by atomic mass is 79.9. The average Bonchev–Trinajstić information content (AvgIpc) is 2.70. The second-order valence-electron chi connectivity index (χ2n) is 4.90. The number of halogens is 1. The molecule has 2 N–H and O–H groups in total. The van der Waals surface area contributed by atoms with E-state index >= 15 is 0 Å². The number of rotatable bonds is 1. The summed E-state index contributed by atoms with van der Waals surface area (Å²) in [6.07, 6.45) is 5.37. The Balaban J connectivity index is 1.78. The van der Waals surface area contributed by atoms with Gasteiger partial charge in [0.05, 0.1) is 25.6 Å². The van der Waals surface area contributed by atoms with Gasteiger partial charge in [-0.05, 0) is 11.8 Å². The quantitative estimate of drug-likeness (QED) is 0.447. The molecule has 1 saturated heterocycles. The molecule has 3 aliphatic heterocycles. The van der Waals surface area contributed by atoms with Crippen LogP contribution in [0.4, 0.5) is 0 Å². The Hall–Kier alpha value is -0.820. The van der Waals surface area contributed by atoms with Crippen molar-refractivity contribution in [3.8, 4) is 0 Å². The van der Waals surface area contributed by atoms with Gasteiger partial charge in [-0.15, -0.1) is 4.59 Å². The molecular weight excluding hydrogens is 284 g/mol. The monoisotopic (exact) mass is 295 g/mol. The minimum Gasteiger partial charge on any atom is -0.381 e. The van der Waals surface area contributed by atoms with Crippen molar-refractivity contribution in [2.45, 2.75) is 0 Å². The van der Waals surface area contributed by atoms with Crippen molar-refractivity contribution in [3.05, 3.63) is 23.8 Å². The van der Waals surface area contributed by atoms with Gasteiger partial charge in [0.2, 0.25) is 5.70 Å². The van der Waals surface area contributed by atoms with Crippen molar-refractivity contribution >= 4 is 26.9 Å². The summed E-state index contributed by atoms with van der Waals surface area (Å²) in [5.41, 5.74) is 2.07. The number of amidine groups is 1. The predicted octanol–water partition coefficient (Wildman–Crippen LogP) is 1.10. The molecule has 0 aromatic heterocycles. The van der Waals surface area contributed by atoms with E-state index in [1.54, 1.807) is 6.20 Å². The summed E-state index contributed by atoms with van der Waals surface area (Å²) < 4.78 is 6.27. The zero-order chi connectivity index (χ0) is 11.6. The molecule has 1 unspecified atom stereocenters. The van der Waals surface area contributed by atoms with Gasteiger partial charge in [-0.2, -0.15) is 10.8 Å². The molecule has 3 heterocycles. The number of allylic oxidation sites excluding steroid dienone is 2. The summed E-state index contributed by atoms with van der Waals surface area (Å²) in [7, 11) is 0. The molecule has 1 saturated carbocycles. The van der Waals surface area contributed by atoms with Crippen LogP contribution in [-0.2, 0) is 4.74 Å². The highest BCUT2D eigenvalue weighted by Gasteiger charge is 2.60. The van der Waals surface area contributed by atoms with E-state index in [2.05, 4.69) is 25.9 Å². The fourth-order valence-corrected chi connectivity index (χ4v) is 3.48. The van der Waals surface area contributed by atoms with Crippen LogP contribution in [0.1, 0.15) is 0 Å². The van der Waals surface area contributed by atoms with E-state index in [4.69, 9.17) is 10.6 Å². The van der Waals surface area contributed by atoms with Gasteiger partial charge in [-0.25, -0.2) is 0 Å². The van der Waals surface area contributed by atoms with E-state index in [1.807, 2.05) is 12.4 Å². The van der Waals surface area contributed by atoms with E-state index in [1.165, 1.54) is 0 Å². The number of aliphatic imine (C=N–C) groups is 2. The summed E-state index contributed by atoms with van der Waals surface area (Å²) in [5.74, 6) is 8.08. The van der Waals surface area contributed by atoms with Crippen LogP contribution >= 0.6 is 15.9 Å². The highest BCUT2D eigenvalue weighted by molar-refractivity contribution is 9.18. The molecular formula is C11H12BrN4O+. The molecule has 6 heteroatoms. The van der Waals surface area contributed by atoms with Crippen molar-refractivity contribution in [1.82, 2.24) is 0 Å². The maximum atomic E-state index is 6.31. The topological polar surface area (TPSA) is 60.0 Å². The van der Waals surface area contributed by atoms with Gasteiger partial charge in [0.1, 0.15) is 11.9 Å². The Labute approximate surface area is 107 Å². The molecule has 0 aromatic rings. The SMILES string of the molecule is N[N+]12C=CN=CC1=C([C@@H]1[C@@H]3COC[C@@H]31)N=C2Br. The lowest BCUT2D eigenvalue weighted by molar-refractivity contribution is -0.746. The molecule has 0 radical (unpaired) electrons. The third-order valence-corrected chi connectivity index (χ3v) is 4.80. The van der Waals surface area contributed by atoms with Gasteiger partial charge < -0.3 is 4.74 Å². The first kappa shape index (κ1) is 10.1. The Bertz CT molecular complexity index is 514. The Kier molecular flexibility index (Phi) is 1.87. The Morgan fingerprint density at radius 3 is 2.94 bits per heavy atom. The normalized spacial score (nSPS) is 46.0. The number of nitrogens with zero attached hydrogens (tertiary/aromatic N) is 3. The zero-order valence-electron chi connectivity index (χ0n) is 9.08. The van der Waals surface area contributed by atoms with Crippen LogP contribution in [-0.4, -0.2) is 28.8 Å². The zero-order valence-corrected chi connectivity index (χ0v) is 10.7. The number of hydrogen-bond donors (Lipinski definition) is 1. The number of fused-ring (bicyclic) bond motifs is 2. The predicted molar refractivity (Wildman–Crippen MR) is 66.8 cm³/mol. The summed E-state index contributed by atoms with van der Waals surface area (Å²) in [5, 5.41) is 0. The van der Waals surface area contributed by atoms with Gasteiger partial charge >= 0.3 is 4.74 Å². The second-order valence-corrected chi connectivity index (χ2v) is 5.61. The molecule has 5 nitrogen and oxygen atoms in total. The molecule has 4 rings (SSSR count). The number of ether oxygens (including phenoxy) is 1. The highest BCUT2D eigenvalue weighted by Crippen LogP contribution is 2.57. The summed E-state index contributed by atoms with van der Waals surface area (Å²) in [4.78, 5) is 8.78. The average molecular weight is 296 g/mol. The van der Waals surface area contributed by atoms with E-state index in [9.17, 15) is 0 Å². The van der Waals surface area contributed by atoms with Crippen LogP contribution in [0.15, 0.2) is 33.8 Å². The fourth-order valence-electron chi connectivity index (χ4n) is 2.98. The molecule has 0 aromatic carbocycles. The van der Waals surface area contributed by atoms with Crippen LogP contribution in [0.25, 0.3) is 0 Å². The molecule has 0 amide bonds. The van der Waals surface area contributed by atoms with Crippen LogP contribution in [0.5, 0.6) is 0 Å². The maximum Gasteiger partial charge on any atom is 0.301 e. The van der Waals surface area contributed by atoms with Gasteiger partial charge in [-0.3, -0.25) is 4.99 Å².